The standard InChI is InChI=1S/C11H16FN5/c1-8-9(2)14-17(10(8)3)7-11-6-16(5-4-12)15-13-11/h6H,4-5,7H2,1-3H3. The highest BCUT2D eigenvalue weighted by molar-refractivity contribution is 5.22. The van der Waals surface area contributed by atoms with E-state index in [1.807, 2.05) is 25.5 Å². The Bertz CT molecular complexity index is 514. The first-order valence-electron chi connectivity index (χ1n) is 5.57. The number of rotatable bonds is 4. The maximum atomic E-state index is 12.1. The minimum absolute atomic E-state index is 0.253. The van der Waals surface area contributed by atoms with Gasteiger partial charge in [-0.15, -0.1) is 5.10 Å². The molecule has 0 atom stereocenters. The Kier molecular flexibility index (Phi) is 3.21. The number of nitrogens with zero attached hydrogens (tertiary/aromatic N) is 5. The van der Waals surface area contributed by atoms with E-state index in [1.54, 1.807) is 6.20 Å². The second-order valence-electron chi connectivity index (χ2n) is 4.12. The van der Waals surface area contributed by atoms with Gasteiger partial charge in [-0.3, -0.25) is 4.68 Å². The fourth-order valence-corrected chi connectivity index (χ4v) is 1.70. The molecule has 0 radical (unpaired) electrons. The van der Waals surface area contributed by atoms with E-state index in [9.17, 15) is 4.39 Å². The molecule has 2 aromatic rings. The van der Waals surface area contributed by atoms with Gasteiger partial charge in [-0.1, -0.05) is 5.21 Å². The van der Waals surface area contributed by atoms with Crippen molar-refractivity contribution in [2.75, 3.05) is 6.67 Å². The number of aromatic nitrogens is 5. The third-order valence-electron chi connectivity index (χ3n) is 2.95. The molecule has 0 saturated carbocycles. The molecular formula is C11H16FN5. The summed E-state index contributed by atoms with van der Waals surface area (Å²) in [4.78, 5) is 0. The van der Waals surface area contributed by atoms with Gasteiger partial charge in [0.2, 0.25) is 0 Å². The van der Waals surface area contributed by atoms with Gasteiger partial charge in [0.15, 0.2) is 0 Å². The molecule has 0 aliphatic rings. The van der Waals surface area contributed by atoms with E-state index in [1.165, 1.54) is 10.2 Å². The Morgan fingerprint density at radius 2 is 2.06 bits per heavy atom. The van der Waals surface area contributed by atoms with Crippen LogP contribution in [0.5, 0.6) is 0 Å². The van der Waals surface area contributed by atoms with Crippen molar-refractivity contribution >= 4 is 0 Å². The molecule has 2 heterocycles. The molecular weight excluding hydrogens is 221 g/mol. The van der Waals surface area contributed by atoms with Crippen LogP contribution in [0.2, 0.25) is 0 Å². The quantitative estimate of drug-likeness (QED) is 0.808. The summed E-state index contributed by atoms with van der Waals surface area (Å²) in [5, 5.41) is 12.3. The van der Waals surface area contributed by atoms with Crippen molar-refractivity contribution in [3.8, 4) is 0 Å². The van der Waals surface area contributed by atoms with Crippen LogP contribution in [0.15, 0.2) is 6.20 Å². The normalized spacial score (nSPS) is 11.1. The van der Waals surface area contributed by atoms with E-state index >= 15 is 0 Å². The molecule has 0 aliphatic heterocycles. The van der Waals surface area contributed by atoms with Gasteiger partial charge in [-0.2, -0.15) is 5.10 Å². The monoisotopic (exact) mass is 237 g/mol. The summed E-state index contributed by atoms with van der Waals surface area (Å²) in [7, 11) is 0. The zero-order chi connectivity index (χ0) is 12.4. The van der Waals surface area contributed by atoms with Gasteiger partial charge in [-0.25, -0.2) is 9.07 Å². The summed E-state index contributed by atoms with van der Waals surface area (Å²) in [6.07, 6.45) is 1.76. The van der Waals surface area contributed by atoms with Gasteiger partial charge < -0.3 is 0 Å². The lowest BCUT2D eigenvalue weighted by Crippen LogP contribution is -2.04. The van der Waals surface area contributed by atoms with E-state index in [0.29, 0.717) is 6.54 Å². The average Bonchev–Trinajstić information content (AvgIpc) is 2.82. The molecule has 6 heteroatoms. The average molecular weight is 237 g/mol. The summed E-state index contributed by atoms with van der Waals surface area (Å²) in [5.74, 6) is 0. The predicted molar refractivity (Wildman–Crippen MR) is 61.5 cm³/mol. The third kappa shape index (κ3) is 2.35. The van der Waals surface area contributed by atoms with E-state index in [4.69, 9.17) is 0 Å². The van der Waals surface area contributed by atoms with Crippen molar-refractivity contribution in [3.05, 3.63) is 28.8 Å². The highest BCUT2D eigenvalue weighted by Gasteiger charge is 2.09. The molecule has 5 nitrogen and oxygen atoms in total. The maximum absolute atomic E-state index is 12.1. The molecule has 2 aromatic heterocycles. The van der Waals surface area contributed by atoms with Gasteiger partial charge in [0.1, 0.15) is 12.4 Å². The highest BCUT2D eigenvalue weighted by Crippen LogP contribution is 2.12. The largest absolute Gasteiger partial charge is 0.263 e. The molecule has 2 rings (SSSR count). The molecule has 92 valence electrons. The van der Waals surface area contributed by atoms with Crippen molar-refractivity contribution in [2.24, 2.45) is 0 Å². The second kappa shape index (κ2) is 4.65. The van der Waals surface area contributed by atoms with E-state index in [0.717, 1.165) is 17.1 Å². The van der Waals surface area contributed by atoms with Crippen molar-refractivity contribution in [3.63, 3.8) is 0 Å². The first kappa shape index (κ1) is 11.8. The first-order valence-corrected chi connectivity index (χ1v) is 5.57. The van der Waals surface area contributed by atoms with Crippen LogP contribution in [0.1, 0.15) is 22.6 Å². The molecule has 0 saturated heterocycles. The van der Waals surface area contributed by atoms with Crippen LogP contribution in [0.25, 0.3) is 0 Å². The number of aryl methyl sites for hydroxylation is 2. The lowest BCUT2D eigenvalue weighted by Gasteiger charge is -2.00. The summed E-state index contributed by atoms with van der Waals surface area (Å²) in [6.45, 7) is 6.46. The summed E-state index contributed by atoms with van der Waals surface area (Å²) in [6, 6.07) is 0. The Balaban J connectivity index is 2.16. The Morgan fingerprint density at radius 3 is 2.65 bits per heavy atom. The maximum Gasteiger partial charge on any atom is 0.109 e. The van der Waals surface area contributed by atoms with Gasteiger partial charge in [0.25, 0.3) is 0 Å². The molecule has 0 spiro atoms. The van der Waals surface area contributed by atoms with Gasteiger partial charge in [0.05, 0.1) is 25.0 Å². The highest BCUT2D eigenvalue weighted by atomic mass is 19.1. The Morgan fingerprint density at radius 1 is 1.29 bits per heavy atom. The van der Waals surface area contributed by atoms with Crippen molar-refractivity contribution in [1.29, 1.82) is 0 Å². The van der Waals surface area contributed by atoms with Gasteiger partial charge in [-0.05, 0) is 26.3 Å². The fourth-order valence-electron chi connectivity index (χ4n) is 1.70. The van der Waals surface area contributed by atoms with Crippen molar-refractivity contribution in [1.82, 2.24) is 24.8 Å². The molecule has 0 N–H and O–H groups in total. The molecule has 17 heavy (non-hydrogen) atoms. The minimum atomic E-state index is -0.429. The van der Waals surface area contributed by atoms with E-state index in [2.05, 4.69) is 15.4 Å². The second-order valence-corrected chi connectivity index (χ2v) is 4.12. The van der Waals surface area contributed by atoms with Crippen LogP contribution in [0.3, 0.4) is 0 Å². The lowest BCUT2D eigenvalue weighted by atomic mass is 10.2. The Hall–Kier alpha value is -1.72. The summed E-state index contributed by atoms with van der Waals surface area (Å²) >= 11 is 0. The third-order valence-corrected chi connectivity index (χ3v) is 2.95. The molecule has 0 aromatic carbocycles. The van der Waals surface area contributed by atoms with Crippen LogP contribution in [0.4, 0.5) is 4.39 Å². The van der Waals surface area contributed by atoms with Gasteiger partial charge in [0, 0.05) is 5.69 Å². The zero-order valence-electron chi connectivity index (χ0n) is 10.3. The Labute approximate surface area is 99.2 Å². The first-order chi connectivity index (χ1) is 8.11. The lowest BCUT2D eigenvalue weighted by molar-refractivity contribution is 0.422. The van der Waals surface area contributed by atoms with Crippen LogP contribution >= 0.6 is 0 Å². The molecule has 0 amide bonds. The fraction of sp³-hybridized carbons (Fsp3) is 0.545. The predicted octanol–water partition coefficient (Wildman–Crippen LogP) is 1.42. The van der Waals surface area contributed by atoms with Crippen LogP contribution < -0.4 is 0 Å². The molecule has 0 fully saturated rings. The van der Waals surface area contributed by atoms with Crippen molar-refractivity contribution < 1.29 is 4.39 Å². The van der Waals surface area contributed by atoms with Crippen LogP contribution in [-0.2, 0) is 13.1 Å². The van der Waals surface area contributed by atoms with Crippen molar-refractivity contribution in [2.45, 2.75) is 33.9 Å². The van der Waals surface area contributed by atoms with Crippen LogP contribution in [-0.4, -0.2) is 31.4 Å². The summed E-state index contributed by atoms with van der Waals surface area (Å²) < 4.78 is 15.5. The van der Waals surface area contributed by atoms with Gasteiger partial charge >= 0.3 is 0 Å². The number of hydrogen-bond acceptors (Lipinski definition) is 3. The topological polar surface area (TPSA) is 48.5 Å². The SMILES string of the molecule is Cc1nn(Cc2cn(CCF)nn2)c(C)c1C. The zero-order valence-corrected chi connectivity index (χ0v) is 10.3. The number of hydrogen-bond donors (Lipinski definition) is 0. The summed E-state index contributed by atoms with van der Waals surface area (Å²) in [5.41, 5.74) is 4.14. The molecule has 0 aliphatic carbocycles. The molecule has 0 bridgehead atoms. The van der Waals surface area contributed by atoms with Crippen LogP contribution in [0, 0.1) is 20.8 Å². The minimum Gasteiger partial charge on any atom is -0.263 e. The number of alkyl halides is 1. The molecule has 0 unspecified atom stereocenters. The number of halogens is 1. The smallest absolute Gasteiger partial charge is 0.109 e. The van der Waals surface area contributed by atoms with E-state index in [-0.39, 0.29) is 6.54 Å². The van der Waals surface area contributed by atoms with E-state index < -0.39 is 6.67 Å².